The molecule has 0 saturated heterocycles. The van der Waals surface area contributed by atoms with E-state index in [-0.39, 0.29) is 6.61 Å². The Hall–Kier alpha value is -0.740. The minimum absolute atomic E-state index is 0.242. The molecule has 5 heteroatoms. The van der Waals surface area contributed by atoms with Crippen molar-refractivity contribution < 1.29 is 17.9 Å². The molecule has 0 aromatic heterocycles. The summed E-state index contributed by atoms with van der Waals surface area (Å²) in [4.78, 5) is 2.51. The molecule has 0 saturated carbocycles. The van der Waals surface area contributed by atoms with E-state index < -0.39 is 12.7 Å². The molecule has 2 nitrogen and oxygen atoms in total. The van der Waals surface area contributed by atoms with E-state index in [4.69, 9.17) is 0 Å². The standard InChI is InChI=1S/C5H8F3NO/c1-2-10-4-9-5(7,8)3-6/h4H,2-3H2,1H3/b9-4-. The van der Waals surface area contributed by atoms with Crippen molar-refractivity contribution in [2.24, 2.45) is 4.99 Å². The Morgan fingerprint density at radius 2 is 2.20 bits per heavy atom. The Morgan fingerprint density at radius 3 is 2.60 bits per heavy atom. The van der Waals surface area contributed by atoms with E-state index in [0.29, 0.717) is 6.40 Å². The van der Waals surface area contributed by atoms with Gasteiger partial charge in [0, 0.05) is 0 Å². The predicted octanol–water partition coefficient (Wildman–Crippen LogP) is 1.61. The number of alkyl halides is 3. The fraction of sp³-hybridized carbons (Fsp3) is 0.800. The largest absolute Gasteiger partial charge is 0.484 e. The third kappa shape index (κ3) is 4.17. The molecule has 0 fully saturated rings. The third-order valence-electron chi connectivity index (χ3n) is 0.644. The Labute approximate surface area is 56.7 Å². The van der Waals surface area contributed by atoms with Gasteiger partial charge in [-0.1, -0.05) is 0 Å². The fourth-order valence-electron chi connectivity index (χ4n) is 0.223. The molecule has 0 atom stereocenters. The Morgan fingerprint density at radius 1 is 1.60 bits per heavy atom. The Bertz CT molecular complexity index is 115. The molecule has 0 spiro atoms. The summed E-state index contributed by atoms with van der Waals surface area (Å²) in [7, 11) is 0. The van der Waals surface area contributed by atoms with E-state index in [2.05, 4.69) is 9.73 Å². The van der Waals surface area contributed by atoms with Crippen LogP contribution in [0.2, 0.25) is 0 Å². The first-order valence-corrected chi connectivity index (χ1v) is 2.71. The van der Waals surface area contributed by atoms with Gasteiger partial charge in [0.05, 0.1) is 6.61 Å². The number of rotatable bonds is 4. The van der Waals surface area contributed by atoms with Crippen LogP contribution in [0, 0.1) is 0 Å². The van der Waals surface area contributed by atoms with Crippen molar-refractivity contribution >= 4 is 6.40 Å². The summed E-state index contributed by atoms with van der Waals surface area (Å²) in [6.45, 7) is 0.0576. The van der Waals surface area contributed by atoms with Crippen molar-refractivity contribution in [2.45, 2.75) is 13.0 Å². The van der Waals surface area contributed by atoms with Gasteiger partial charge in [0.2, 0.25) is 0 Å². The van der Waals surface area contributed by atoms with Crippen LogP contribution in [-0.2, 0) is 4.74 Å². The normalized spacial score (nSPS) is 12.4. The molecule has 0 amide bonds. The molecular weight excluding hydrogens is 147 g/mol. The summed E-state index contributed by atoms with van der Waals surface area (Å²) in [5.74, 6) is 0. The average molecular weight is 155 g/mol. The highest BCUT2D eigenvalue weighted by atomic mass is 19.3. The topological polar surface area (TPSA) is 21.6 Å². The molecule has 0 unspecified atom stereocenters. The third-order valence-corrected chi connectivity index (χ3v) is 0.644. The first-order chi connectivity index (χ1) is 4.62. The number of halogens is 3. The van der Waals surface area contributed by atoms with Crippen LogP contribution in [0.15, 0.2) is 4.99 Å². The van der Waals surface area contributed by atoms with Crippen molar-refractivity contribution in [1.82, 2.24) is 0 Å². The van der Waals surface area contributed by atoms with Crippen LogP contribution >= 0.6 is 0 Å². The smallest absolute Gasteiger partial charge is 0.372 e. The van der Waals surface area contributed by atoms with E-state index in [1.165, 1.54) is 0 Å². The Kier molecular flexibility index (Phi) is 3.83. The zero-order valence-electron chi connectivity index (χ0n) is 5.48. The monoisotopic (exact) mass is 155 g/mol. The van der Waals surface area contributed by atoms with Crippen LogP contribution in [0.3, 0.4) is 0 Å². The molecule has 10 heavy (non-hydrogen) atoms. The zero-order valence-corrected chi connectivity index (χ0v) is 5.48. The van der Waals surface area contributed by atoms with Crippen molar-refractivity contribution in [1.29, 1.82) is 0 Å². The number of aliphatic imine (C=N–C) groups is 1. The van der Waals surface area contributed by atoms with E-state index in [1.54, 1.807) is 6.92 Å². The van der Waals surface area contributed by atoms with Gasteiger partial charge in [-0.25, -0.2) is 4.39 Å². The second-order valence-electron chi connectivity index (χ2n) is 1.49. The molecule has 0 aromatic rings. The lowest BCUT2D eigenvalue weighted by Crippen LogP contribution is -2.15. The summed E-state index contributed by atoms with van der Waals surface area (Å²) in [5, 5.41) is 0. The molecule has 0 aliphatic carbocycles. The maximum absolute atomic E-state index is 11.8. The van der Waals surface area contributed by atoms with Gasteiger partial charge in [-0.05, 0) is 6.92 Å². The number of nitrogens with zero attached hydrogens (tertiary/aromatic N) is 1. The van der Waals surface area contributed by atoms with Crippen LogP contribution in [0.5, 0.6) is 0 Å². The van der Waals surface area contributed by atoms with E-state index >= 15 is 0 Å². The maximum atomic E-state index is 11.8. The molecule has 0 aliphatic heterocycles. The highest BCUT2D eigenvalue weighted by Gasteiger charge is 2.26. The fourth-order valence-corrected chi connectivity index (χ4v) is 0.223. The van der Waals surface area contributed by atoms with Gasteiger partial charge in [0.25, 0.3) is 0 Å². The Balaban J connectivity index is 3.63. The number of hydrogen-bond acceptors (Lipinski definition) is 2. The van der Waals surface area contributed by atoms with Gasteiger partial charge in [0.1, 0.15) is 0 Å². The van der Waals surface area contributed by atoms with Crippen LogP contribution in [0.25, 0.3) is 0 Å². The SMILES string of the molecule is CCO/C=N\C(F)(F)CF. The van der Waals surface area contributed by atoms with Crippen LogP contribution in [0.4, 0.5) is 13.2 Å². The molecule has 0 N–H and O–H groups in total. The van der Waals surface area contributed by atoms with Crippen LogP contribution in [0.1, 0.15) is 6.92 Å². The lowest BCUT2D eigenvalue weighted by Gasteiger charge is -2.03. The molecule has 0 bridgehead atoms. The van der Waals surface area contributed by atoms with Gasteiger partial charge in [0.15, 0.2) is 13.1 Å². The van der Waals surface area contributed by atoms with E-state index in [1.807, 2.05) is 0 Å². The van der Waals surface area contributed by atoms with Gasteiger partial charge < -0.3 is 4.74 Å². The summed E-state index contributed by atoms with van der Waals surface area (Å²) in [6.07, 6.45) is 0.555. The maximum Gasteiger partial charge on any atom is 0.372 e. The zero-order chi connectivity index (χ0) is 8.04. The summed E-state index contributed by atoms with van der Waals surface area (Å²) >= 11 is 0. The van der Waals surface area contributed by atoms with Crippen molar-refractivity contribution in [3.05, 3.63) is 0 Å². The lowest BCUT2D eigenvalue weighted by molar-refractivity contribution is -0.0142. The minimum atomic E-state index is -3.63. The number of ether oxygens (including phenoxy) is 1. The van der Waals surface area contributed by atoms with Crippen molar-refractivity contribution in [3.8, 4) is 0 Å². The molecular formula is C5H8F3NO. The van der Waals surface area contributed by atoms with E-state index in [9.17, 15) is 13.2 Å². The quantitative estimate of drug-likeness (QED) is 0.343. The van der Waals surface area contributed by atoms with Gasteiger partial charge in [-0.2, -0.15) is 13.8 Å². The van der Waals surface area contributed by atoms with E-state index in [0.717, 1.165) is 0 Å². The second-order valence-corrected chi connectivity index (χ2v) is 1.49. The van der Waals surface area contributed by atoms with Crippen molar-refractivity contribution in [3.63, 3.8) is 0 Å². The molecule has 0 aliphatic rings. The first-order valence-electron chi connectivity index (χ1n) is 2.71. The molecule has 0 aromatic carbocycles. The van der Waals surface area contributed by atoms with Gasteiger partial charge >= 0.3 is 6.05 Å². The molecule has 0 heterocycles. The minimum Gasteiger partial charge on any atom is -0.484 e. The average Bonchev–Trinajstić information content (AvgIpc) is 1.89. The van der Waals surface area contributed by atoms with Crippen LogP contribution in [-0.4, -0.2) is 25.7 Å². The number of hydrogen-bond donors (Lipinski definition) is 0. The lowest BCUT2D eigenvalue weighted by atomic mass is 10.6. The van der Waals surface area contributed by atoms with Crippen LogP contribution < -0.4 is 0 Å². The first kappa shape index (κ1) is 9.26. The second kappa shape index (κ2) is 4.14. The molecule has 0 radical (unpaired) electrons. The van der Waals surface area contributed by atoms with Gasteiger partial charge in [-0.3, -0.25) is 0 Å². The summed E-state index contributed by atoms with van der Waals surface area (Å²) in [6, 6.07) is -3.63. The molecule has 60 valence electrons. The summed E-state index contributed by atoms with van der Waals surface area (Å²) < 4.78 is 39.3. The van der Waals surface area contributed by atoms with Crippen molar-refractivity contribution in [2.75, 3.05) is 13.3 Å². The predicted molar refractivity (Wildman–Crippen MR) is 31.0 cm³/mol. The van der Waals surface area contributed by atoms with Gasteiger partial charge in [-0.15, -0.1) is 0 Å². The highest BCUT2D eigenvalue weighted by Crippen LogP contribution is 2.14. The summed E-state index contributed by atoms with van der Waals surface area (Å²) in [5.41, 5.74) is 0. The highest BCUT2D eigenvalue weighted by molar-refractivity contribution is 5.46. The molecule has 0 rings (SSSR count).